The minimum absolute atomic E-state index is 0.00269. The first-order valence-electron chi connectivity index (χ1n) is 4.66. The summed E-state index contributed by atoms with van der Waals surface area (Å²) in [7, 11) is 3.63. The Labute approximate surface area is 82.7 Å². The highest BCUT2D eigenvalue weighted by Gasteiger charge is 2.26. The van der Waals surface area contributed by atoms with Crippen molar-refractivity contribution in [2.24, 2.45) is 7.05 Å². The largest absolute Gasteiger partial charge is 0.335 e. The molecule has 1 amide bonds. The van der Waals surface area contributed by atoms with E-state index in [4.69, 9.17) is 0 Å². The SMILES string of the molecule is CN(C(=O)c1ccn(C)n1)C1CNC1. The second-order valence-electron chi connectivity index (χ2n) is 3.60. The molecule has 2 heterocycles. The molecule has 14 heavy (non-hydrogen) atoms. The van der Waals surface area contributed by atoms with Crippen LogP contribution in [-0.2, 0) is 7.05 Å². The van der Waals surface area contributed by atoms with Gasteiger partial charge in [-0.3, -0.25) is 9.48 Å². The van der Waals surface area contributed by atoms with Gasteiger partial charge in [0, 0.05) is 33.4 Å². The molecule has 0 unspecified atom stereocenters. The number of amides is 1. The van der Waals surface area contributed by atoms with Gasteiger partial charge >= 0.3 is 0 Å². The van der Waals surface area contributed by atoms with Gasteiger partial charge in [0.15, 0.2) is 0 Å². The summed E-state index contributed by atoms with van der Waals surface area (Å²) in [5.41, 5.74) is 0.516. The average molecular weight is 194 g/mol. The van der Waals surface area contributed by atoms with Crippen molar-refractivity contribution in [3.63, 3.8) is 0 Å². The summed E-state index contributed by atoms with van der Waals surface area (Å²) in [6.07, 6.45) is 1.78. The molecule has 76 valence electrons. The van der Waals surface area contributed by atoms with E-state index < -0.39 is 0 Å². The Hall–Kier alpha value is -1.36. The molecule has 1 saturated heterocycles. The van der Waals surface area contributed by atoms with E-state index in [9.17, 15) is 4.79 Å². The van der Waals surface area contributed by atoms with Gasteiger partial charge < -0.3 is 10.2 Å². The molecule has 1 aliphatic heterocycles. The highest BCUT2D eigenvalue weighted by molar-refractivity contribution is 5.92. The second-order valence-corrected chi connectivity index (χ2v) is 3.60. The summed E-state index contributed by atoms with van der Waals surface area (Å²) in [6, 6.07) is 2.06. The summed E-state index contributed by atoms with van der Waals surface area (Å²) < 4.78 is 1.64. The standard InChI is InChI=1S/C9H14N4O/c1-12-4-3-8(11-12)9(14)13(2)7-5-10-6-7/h3-4,7,10H,5-6H2,1-2H3. The third-order valence-corrected chi connectivity index (χ3v) is 2.56. The minimum Gasteiger partial charge on any atom is -0.335 e. The lowest BCUT2D eigenvalue weighted by Gasteiger charge is -2.35. The van der Waals surface area contributed by atoms with Crippen molar-refractivity contribution in [1.82, 2.24) is 20.0 Å². The Bertz CT molecular complexity index is 342. The lowest BCUT2D eigenvalue weighted by atomic mass is 10.1. The molecule has 5 heteroatoms. The maximum atomic E-state index is 11.8. The zero-order chi connectivity index (χ0) is 10.1. The van der Waals surface area contributed by atoms with Gasteiger partial charge in [-0.25, -0.2) is 0 Å². The molecule has 1 N–H and O–H groups in total. The van der Waals surface area contributed by atoms with Gasteiger partial charge in [-0.2, -0.15) is 5.10 Å². The first-order chi connectivity index (χ1) is 6.68. The van der Waals surface area contributed by atoms with Crippen molar-refractivity contribution in [3.8, 4) is 0 Å². The van der Waals surface area contributed by atoms with Gasteiger partial charge in [0.2, 0.25) is 0 Å². The molecule has 0 aromatic carbocycles. The van der Waals surface area contributed by atoms with Crippen molar-refractivity contribution in [2.45, 2.75) is 6.04 Å². The van der Waals surface area contributed by atoms with Crippen LogP contribution in [0.5, 0.6) is 0 Å². The number of rotatable bonds is 2. The Morgan fingerprint density at radius 1 is 1.71 bits per heavy atom. The molecule has 1 aromatic heterocycles. The Balaban J connectivity index is 2.07. The van der Waals surface area contributed by atoms with Crippen LogP contribution >= 0.6 is 0 Å². The molecule has 5 nitrogen and oxygen atoms in total. The summed E-state index contributed by atoms with van der Waals surface area (Å²) >= 11 is 0. The third kappa shape index (κ3) is 1.50. The molecule has 0 saturated carbocycles. The van der Waals surface area contributed by atoms with Gasteiger partial charge in [-0.1, -0.05) is 0 Å². The Morgan fingerprint density at radius 2 is 2.43 bits per heavy atom. The lowest BCUT2D eigenvalue weighted by molar-refractivity contribution is 0.0674. The zero-order valence-electron chi connectivity index (χ0n) is 8.40. The molecule has 1 aromatic rings. The van der Waals surface area contributed by atoms with Crippen molar-refractivity contribution in [1.29, 1.82) is 0 Å². The number of likely N-dealkylation sites (N-methyl/N-ethyl adjacent to an activating group) is 1. The molecule has 1 aliphatic rings. The number of carbonyl (C=O) groups is 1. The molecule has 0 aliphatic carbocycles. The van der Waals surface area contributed by atoms with Crippen LogP contribution in [0.4, 0.5) is 0 Å². The highest BCUT2D eigenvalue weighted by atomic mass is 16.2. The first-order valence-corrected chi connectivity index (χ1v) is 4.66. The summed E-state index contributed by atoms with van der Waals surface area (Å²) in [5, 5.41) is 7.21. The van der Waals surface area contributed by atoms with E-state index in [1.165, 1.54) is 0 Å². The monoisotopic (exact) mass is 194 g/mol. The quantitative estimate of drug-likeness (QED) is 0.688. The topological polar surface area (TPSA) is 50.2 Å². The van der Waals surface area contributed by atoms with E-state index in [1.54, 1.807) is 21.8 Å². The van der Waals surface area contributed by atoms with E-state index in [-0.39, 0.29) is 5.91 Å². The maximum absolute atomic E-state index is 11.8. The fraction of sp³-hybridized carbons (Fsp3) is 0.556. The van der Waals surface area contributed by atoms with E-state index in [0.29, 0.717) is 11.7 Å². The van der Waals surface area contributed by atoms with Crippen molar-refractivity contribution >= 4 is 5.91 Å². The fourth-order valence-electron chi connectivity index (χ4n) is 1.42. The number of hydrogen-bond acceptors (Lipinski definition) is 3. The number of hydrogen-bond donors (Lipinski definition) is 1. The molecular weight excluding hydrogens is 180 g/mol. The third-order valence-electron chi connectivity index (χ3n) is 2.56. The fourth-order valence-corrected chi connectivity index (χ4v) is 1.42. The molecule has 0 spiro atoms. The van der Waals surface area contributed by atoms with Crippen LogP contribution < -0.4 is 5.32 Å². The minimum atomic E-state index is -0.00269. The van der Waals surface area contributed by atoms with Crippen LogP contribution in [0.2, 0.25) is 0 Å². The average Bonchev–Trinajstić information content (AvgIpc) is 2.47. The zero-order valence-corrected chi connectivity index (χ0v) is 8.40. The summed E-state index contributed by atoms with van der Waals surface area (Å²) in [6.45, 7) is 1.77. The number of nitrogens with one attached hydrogen (secondary N) is 1. The number of aryl methyl sites for hydroxylation is 1. The lowest BCUT2D eigenvalue weighted by Crippen LogP contribution is -2.57. The van der Waals surface area contributed by atoms with Crippen molar-refractivity contribution in [3.05, 3.63) is 18.0 Å². The molecule has 2 rings (SSSR count). The smallest absolute Gasteiger partial charge is 0.274 e. The predicted molar refractivity (Wildman–Crippen MR) is 52.0 cm³/mol. The normalized spacial score (nSPS) is 16.4. The van der Waals surface area contributed by atoms with Crippen LogP contribution in [0.1, 0.15) is 10.5 Å². The number of carbonyl (C=O) groups excluding carboxylic acids is 1. The number of nitrogens with zero attached hydrogens (tertiary/aromatic N) is 3. The number of aromatic nitrogens is 2. The predicted octanol–water partition coefficient (Wildman–Crippen LogP) is -0.536. The summed E-state index contributed by atoms with van der Waals surface area (Å²) in [4.78, 5) is 13.6. The Kier molecular flexibility index (Phi) is 2.25. The summed E-state index contributed by atoms with van der Waals surface area (Å²) in [5.74, 6) is -0.00269. The van der Waals surface area contributed by atoms with Crippen LogP contribution in [-0.4, -0.2) is 46.8 Å². The molecule has 0 bridgehead atoms. The molecule has 1 fully saturated rings. The van der Waals surface area contributed by atoms with Gasteiger partial charge in [0.05, 0.1) is 6.04 Å². The van der Waals surface area contributed by atoms with Crippen LogP contribution in [0.15, 0.2) is 12.3 Å². The highest BCUT2D eigenvalue weighted by Crippen LogP contribution is 2.07. The van der Waals surface area contributed by atoms with E-state index in [0.717, 1.165) is 13.1 Å². The van der Waals surface area contributed by atoms with Gasteiger partial charge in [-0.05, 0) is 6.07 Å². The molecule has 0 radical (unpaired) electrons. The van der Waals surface area contributed by atoms with Crippen LogP contribution in [0.3, 0.4) is 0 Å². The second kappa shape index (κ2) is 3.42. The Morgan fingerprint density at radius 3 is 2.86 bits per heavy atom. The first kappa shape index (κ1) is 9.21. The maximum Gasteiger partial charge on any atom is 0.274 e. The van der Waals surface area contributed by atoms with E-state index in [2.05, 4.69) is 10.4 Å². The van der Waals surface area contributed by atoms with Crippen LogP contribution in [0, 0.1) is 0 Å². The van der Waals surface area contributed by atoms with Gasteiger partial charge in [0.25, 0.3) is 5.91 Å². The van der Waals surface area contributed by atoms with E-state index in [1.807, 2.05) is 14.1 Å². The van der Waals surface area contributed by atoms with Crippen molar-refractivity contribution in [2.75, 3.05) is 20.1 Å². The van der Waals surface area contributed by atoms with Gasteiger partial charge in [0.1, 0.15) is 5.69 Å². The van der Waals surface area contributed by atoms with Crippen molar-refractivity contribution < 1.29 is 4.79 Å². The van der Waals surface area contributed by atoms with Gasteiger partial charge in [-0.15, -0.1) is 0 Å². The van der Waals surface area contributed by atoms with Crippen LogP contribution in [0.25, 0.3) is 0 Å². The molecule has 0 atom stereocenters. The molecular formula is C9H14N4O. The van der Waals surface area contributed by atoms with E-state index >= 15 is 0 Å².